The van der Waals surface area contributed by atoms with Gasteiger partial charge in [0.1, 0.15) is 11.1 Å². The van der Waals surface area contributed by atoms with Crippen molar-refractivity contribution in [1.29, 1.82) is 0 Å². The molecular formula is C14H18N2O2S. The average Bonchev–Trinajstić information content (AvgIpc) is 3.20. The number of benzene rings is 1. The topological polar surface area (TPSA) is 64.3 Å². The molecule has 1 amide bonds. The van der Waals surface area contributed by atoms with Crippen molar-refractivity contribution in [2.24, 2.45) is 11.7 Å². The van der Waals surface area contributed by atoms with Gasteiger partial charge in [-0.05, 0) is 37.8 Å². The molecule has 1 aliphatic rings. The molecule has 1 atom stereocenters. The zero-order valence-corrected chi connectivity index (χ0v) is 11.7. The fraction of sp³-hybridized carbons (Fsp3) is 0.429. The van der Waals surface area contributed by atoms with E-state index in [1.165, 1.54) is 12.8 Å². The number of carbonyl (C=O) groups excluding carboxylic acids is 1. The Morgan fingerprint density at radius 2 is 2.21 bits per heavy atom. The van der Waals surface area contributed by atoms with Crippen molar-refractivity contribution in [2.75, 3.05) is 11.9 Å². The number of hydrogen-bond acceptors (Lipinski definition) is 3. The van der Waals surface area contributed by atoms with Crippen molar-refractivity contribution in [1.82, 2.24) is 0 Å². The largest absolute Gasteiger partial charge is 0.389 e. The number of hydrogen-bond donors (Lipinski definition) is 2. The lowest BCUT2D eigenvalue weighted by molar-refractivity contribution is -0.126. The number of thiocarbonyl (C=S) groups is 1. The Bertz CT molecular complexity index is 486. The van der Waals surface area contributed by atoms with E-state index < -0.39 is 6.10 Å². The second-order valence-corrected chi connectivity index (χ2v) is 5.26. The molecule has 1 fully saturated rings. The molecule has 1 aliphatic carbocycles. The van der Waals surface area contributed by atoms with Crippen LogP contribution in [0.5, 0.6) is 0 Å². The van der Waals surface area contributed by atoms with Crippen molar-refractivity contribution in [3.05, 3.63) is 29.8 Å². The third-order valence-corrected chi connectivity index (χ3v) is 3.32. The molecule has 1 saturated carbocycles. The fourth-order valence-corrected chi connectivity index (χ4v) is 1.86. The first kappa shape index (κ1) is 14.0. The minimum Gasteiger partial charge on any atom is -0.389 e. The monoisotopic (exact) mass is 278 g/mol. The Morgan fingerprint density at radius 1 is 1.53 bits per heavy atom. The molecule has 19 heavy (non-hydrogen) atoms. The van der Waals surface area contributed by atoms with E-state index >= 15 is 0 Å². The maximum atomic E-state index is 12.0. The molecule has 1 aromatic rings. The van der Waals surface area contributed by atoms with E-state index in [1.54, 1.807) is 19.1 Å². The molecule has 1 unspecified atom stereocenters. The lowest BCUT2D eigenvalue weighted by Gasteiger charge is -2.15. The van der Waals surface area contributed by atoms with Gasteiger partial charge in [-0.1, -0.05) is 24.4 Å². The van der Waals surface area contributed by atoms with Crippen molar-refractivity contribution >= 4 is 28.8 Å². The molecule has 0 bridgehead atoms. The predicted octanol–water partition coefficient (Wildman–Crippen LogP) is 2.07. The summed E-state index contributed by atoms with van der Waals surface area (Å²) in [5.74, 6) is 0.462. The number of anilines is 1. The SMILES string of the molecule is CC(OCC1CC1)C(=O)Nc1ccccc1C(N)=S. The van der Waals surface area contributed by atoms with Crippen LogP contribution in [-0.4, -0.2) is 23.6 Å². The quantitative estimate of drug-likeness (QED) is 0.782. The summed E-state index contributed by atoms with van der Waals surface area (Å²) in [6.45, 7) is 2.41. The van der Waals surface area contributed by atoms with Crippen LogP contribution < -0.4 is 11.1 Å². The van der Waals surface area contributed by atoms with Crippen molar-refractivity contribution in [3.63, 3.8) is 0 Å². The first-order chi connectivity index (χ1) is 9.08. The fourth-order valence-electron chi connectivity index (χ4n) is 1.68. The lowest BCUT2D eigenvalue weighted by Crippen LogP contribution is -2.29. The molecule has 1 aromatic carbocycles. The van der Waals surface area contributed by atoms with Crippen molar-refractivity contribution < 1.29 is 9.53 Å². The predicted molar refractivity (Wildman–Crippen MR) is 79.1 cm³/mol. The van der Waals surface area contributed by atoms with E-state index in [0.29, 0.717) is 23.8 Å². The molecule has 0 heterocycles. The van der Waals surface area contributed by atoms with Gasteiger partial charge in [-0.25, -0.2) is 0 Å². The van der Waals surface area contributed by atoms with Gasteiger partial charge in [0, 0.05) is 5.56 Å². The van der Waals surface area contributed by atoms with Crippen LogP contribution in [0.4, 0.5) is 5.69 Å². The summed E-state index contributed by atoms with van der Waals surface area (Å²) in [6.07, 6.45) is 1.94. The summed E-state index contributed by atoms with van der Waals surface area (Å²) in [6, 6.07) is 7.22. The second-order valence-electron chi connectivity index (χ2n) is 4.82. The van der Waals surface area contributed by atoms with Crippen molar-refractivity contribution in [2.45, 2.75) is 25.9 Å². The van der Waals surface area contributed by atoms with Gasteiger partial charge < -0.3 is 15.8 Å². The van der Waals surface area contributed by atoms with Crippen LogP contribution in [0.2, 0.25) is 0 Å². The summed E-state index contributed by atoms with van der Waals surface area (Å²) >= 11 is 4.96. The van der Waals surface area contributed by atoms with Gasteiger partial charge in [-0.3, -0.25) is 4.79 Å². The van der Waals surface area contributed by atoms with Crippen LogP contribution in [0.1, 0.15) is 25.3 Å². The molecular weight excluding hydrogens is 260 g/mol. The summed E-state index contributed by atoms with van der Waals surface area (Å²) in [5.41, 5.74) is 6.92. The number of nitrogens with one attached hydrogen (secondary N) is 1. The highest BCUT2D eigenvalue weighted by atomic mass is 32.1. The van der Waals surface area contributed by atoms with Gasteiger partial charge in [0.25, 0.3) is 5.91 Å². The van der Waals surface area contributed by atoms with Gasteiger partial charge >= 0.3 is 0 Å². The summed E-state index contributed by atoms with van der Waals surface area (Å²) < 4.78 is 5.52. The highest BCUT2D eigenvalue weighted by Gasteiger charge is 2.24. The molecule has 0 radical (unpaired) electrons. The minimum absolute atomic E-state index is 0.177. The third kappa shape index (κ3) is 4.01. The molecule has 2 rings (SSSR count). The average molecular weight is 278 g/mol. The van der Waals surface area contributed by atoms with Gasteiger partial charge in [0.05, 0.1) is 12.3 Å². The Kier molecular flexibility index (Phi) is 4.50. The number of carbonyl (C=O) groups is 1. The van der Waals surface area contributed by atoms with Crippen LogP contribution >= 0.6 is 12.2 Å². The van der Waals surface area contributed by atoms with E-state index in [0.717, 1.165) is 0 Å². The first-order valence-electron chi connectivity index (χ1n) is 6.39. The van der Waals surface area contributed by atoms with E-state index in [4.69, 9.17) is 22.7 Å². The Morgan fingerprint density at radius 3 is 2.84 bits per heavy atom. The Hall–Kier alpha value is -1.46. The number of amides is 1. The van der Waals surface area contributed by atoms with Gasteiger partial charge in [0.2, 0.25) is 0 Å². The minimum atomic E-state index is -0.472. The van der Waals surface area contributed by atoms with E-state index in [9.17, 15) is 4.79 Å². The standard InChI is InChI=1S/C14H18N2O2S/c1-9(18-8-10-6-7-10)14(17)16-12-5-3-2-4-11(12)13(15)19/h2-5,9-10H,6-8H2,1H3,(H2,15,19)(H,16,17). The van der Waals surface area contributed by atoms with Crippen molar-refractivity contribution in [3.8, 4) is 0 Å². The smallest absolute Gasteiger partial charge is 0.253 e. The molecule has 0 saturated heterocycles. The Balaban J connectivity index is 1.95. The molecule has 102 valence electrons. The lowest BCUT2D eigenvalue weighted by atomic mass is 10.1. The third-order valence-electron chi connectivity index (χ3n) is 3.10. The molecule has 0 aromatic heterocycles. The molecule has 3 N–H and O–H groups in total. The van der Waals surface area contributed by atoms with Crippen LogP contribution in [-0.2, 0) is 9.53 Å². The van der Waals surface area contributed by atoms with E-state index in [2.05, 4.69) is 5.32 Å². The molecule has 5 heteroatoms. The first-order valence-corrected chi connectivity index (χ1v) is 6.80. The van der Waals surface area contributed by atoms with Gasteiger partial charge in [0.15, 0.2) is 0 Å². The normalized spacial score (nSPS) is 15.8. The molecule has 0 aliphatic heterocycles. The van der Waals surface area contributed by atoms with Gasteiger partial charge in [-0.15, -0.1) is 0 Å². The maximum Gasteiger partial charge on any atom is 0.253 e. The highest BCUT2D eigenvalue weighted by molar-refractivity contribution is 7.80. The molecule has 4 nitrogen and oxygen atoms in total. The molecule has 0 spiro atoms. The van der Waals surface area contributed by atoms with Crippen LogP contribution in [0.3, 0.4) is 0 Å². The van der Waals surface area contributed by atoms with E-state index in [-0.39, 0.29) is 10.9 Å². The van der Waals surface area contributed by atoms with Crippen LogP contribution in [0.15, 0.2) is 24.3 Å². The number of rotatable bonds is 6. The van der Waals surface area contributed by atoms with Crippen LogP contribution in [0.25, 0.3) is 0 Å². The zero-order valence-electron chi connectivity index (χ0n) is 10.9. The number of ether oxygens (including phenoxy) is 1. The second kappa shape index (κ2) is 6.12. The van der Waals surface area contributed by atoms with E-state index in [1.807, 2.05) is 12.1 Å². The number of nitrogens with two attached hydrogens (primary N) is 1. The van der Waals surface area contributed by atoms with Gasteiger partial charge in [-0.2, -0.15) is 0 Å². The summed E-state index contributed by atoms with van der Waals surface area (Å²) in [4.78, 5) is 12.3. The van der Waals surface area contributed by atoms with Crippen LogP contribution in [0, 0.1) is 5.92 Å². The summed E-state index contributed by atoms with van der Waals surface area (Å²) in [7, 11) is 0. The summed E-state index contributed by atoms with van der Waals surface area (Å²) in [5, 5.41) is 2.80. The number of para-hydroxylation sites is 1. The maximum absolute atomic E-state index is 12.0. The highest BCUT2D eigenvalue weighted by Crippen LogP contribution is 2.29. The Labute approximate surface area is 118 Å². The zero-order chi connectivity index (χ0) is 13.8.